The Balaban J connectivity index is 1.99. The molecular formula is C16H21N3. The normalized spacial score (nSPS) is 23.5. The highest BCUT2D eigenvalue weighted by Gasteiger charge is 2.26. The van der Waals surface area contributed by atoms with E-state index in [1.165, 1.54) is 30.0 Å². The molecule has 1 aromatic carbocycles. The third-order valence-corrected chi connectivity index (χ3v) is 4.27. The lowest BCUT2D eigenvalue weighted by Crippen LogP contribution is -2.48. The highest BCUT2D eigenvalue weighted by molar-refractivity contribution is 5.92. The van der Waals surface area contributed by atoms with Crippen LogP contribution in [0.3, 0.4) is 0 Å². The molecular weight excluding hydrogens is 234 g/mol. The second-order valence-corrected chi connectivity index (χ2v) is 5.48. The van der Waals surface area contributed by atoms with E-state index in [4.69, 9.17) is 5.73 Å². The number of aromatic nitrogens is 1. The number of hydrogen-bond acceptors (Lipinski definition) is 3. The lowest BCUT2D eigenvalue weighted by atomic mass is 9.90. The maximum absolute atomic E-state index is 6.29. The largest absolute Gasteiger partial charge is 0.355 e. The number of fused-ring (bicyclic) bond motifs is 1. The van der Waals surface area contributed by atoms with Crippen molar-refractivity contribution >= 4 is 16.6 Å². The average molecular weight is 255 g/mol. The summed E-state index contributed by atoms with van der Waals surface area (Å²) in [6.45, 7) is 0. The Labute approximate surface area is 114 Å². The SMILES string of the molecule is CN(c1nccc2ccccc12)C1CCCCC1N. The summed E-state index contributed by atoms with van der Waals surface area (Å²) in [5.74, 6) is 1.06. The van der Waals surface area contributed by atoms with Crippen molar-refractivity contribution in [2.24, 2.45) is 5.73 Å². The Morgan fingerprint density at radius 1 is 1.16 bits per heavy atom. The van der Waals surface area contributed by atoms with Crippen LogP contribution in [0.25, 0.3) is 10.8 Å². The van der Waals surface area contributed by atoms with E-state index in [1.54, 1.807) is 0 Å². The first-order valence-electron chi connectivity index (χ1n) is 7.09. The summed E-state index contributed by atoms with van der Waals surface area (Å²) in [4.78, 5) is 6.87. The summed E-state index contributed by atoms with van der Waals surface area (Å²) in [6.07, 6.45) is 6.72. The van der Waals surface area contributed by atoms with E-state index in [2.05, 4.69) is 47.3 Å². The molecule has 1 heterocycles. The van der Waals surface area contributed by atoms with Gasteiger partial charge < -0.3 is 10.6 Å². The first kappa shape index (κ1) is 12.4. The molecule has 2 unspecified atom stereocenters. The maximum atomic E-state index is 6.29. The van der Waals surface area contributed by atoms with Gasteiger partial charge >= 0.3 is 0 Å². The number of nitrogens with zero attached hydrogens (tertiary/aromatic N) is 2. The van der Waals surface area contributed by atoms with E-state index >= 15 is 0 Å². The molecule has 1 aliphatic rings. The molecule has 0 radical (unpaired) electrons. The first-order valence-corrected chi connectivity index (χ1v) is 7.09. The number of anilines is 1. The van der Waals surface area contributed by atoms with Gasteiger partial charge in [-0.3, -0.25) is 0 Å². The van der Waals surface area contributed by atoms with Crippen LogP contribution in [0.5, 0.6) is 0 Å². The second-order valence-electron chi connectivity index (χ2n) is 5.48. The van der Waals surface area contributed by atoms with E-state index in [9.17, 15) is 0 Å². The number of likely N-dealkylation sites (N-methyl/N-ethyl adjacent to an activating group) is 1. The van der Waals surface area contributed by atoms with Crippen LogP contribution >= 0.6 is 0 Å². The molecule has 1 aliphatic carbocycles. The summed E-state index contributed by atoms with van der Waals surface area (Å²) >= 11 is 0. The van der Waals surface area contributed by atoms with Crippen LogP contribution in [0.2, 0.25) is 0 Å². The van der Waals surface area contributed by atoms with Crippen LogP contribution < -0.4 is 10.6 Å². The molecule has 1 fully saturated rings. The molecule has 3 nitrogen and oxygen atoms in total. The molecule has 1 saturated carbocycles. The predicted molar refractivity (Wildman–Crippen MR) is 80.4 cm³/mol. The van der Waals surface area contributed by atoms with Crippen molar-refractivity contribution in [2.75, 3.05) is 11.9 Å². The summed E-state index contributed by atoms with van der Waals surface area (Å²) in [7, 11) is 2.13. The lowest BCUT2D eigenvalue weighted by molar-refractivity contribution is 0.373. The maximum Gasteiger partial charge on any atom is 0.136 e. The third-order valence-electron chi connectivity index (χ3n) is 4.27. The van der Waals surface area contributed by atoms with Crippen molar-refractivity contribution in [1.29, 1.82) is 0 Å². The highest BCUT2D eigenvalue weighted by atomic mass is 15.2. The first-order chi connectivity index (χ1) is 9.27. The standard InChI is InChI=1S/C16H21N3/c1-19(15-9-5-4-8-14(15)17)16-13-7-3-2-6-12(13)10-11-18-16/h2-3,6-7,10-11,14-15H,4-5,8-9,17H2,1H3. The van der Waals surface area contributed by atoms with E-state index in [1.807, 2.05) is 6.20 Å². The molecule has 3 heteroatoms. The van der Waals surface area contributed by atoms with Crippen molar-refractivity contribution in [3.63, 3.8) is 0 Å². The Bertz CT molecular complexity index is 561. The second kappa shape index (κ2) is 5.17. The minimum Gasteiger partial charge on any atom is -0.355 e. The molecule has 2 N–H and O–H groups in total. The van der Waals surface area contributed by atoms with Gasteiger partial charge in [0.25, 0.3) is 0 Å². The fraction of sp³-hybridized carbons (Fsp3) is 0.438. The molecule has 0 bridgehead atoms. The topological polar surface area (TPSA) is 42.2 Å². The van der Waals surface area contributed by atoms with Crippen LogP contribution in [0.4, 0.5) is 5.82 Å². The van der Waals surface area contributed by atoms with Crippen LogP contribution in [-0.4, -0.2) is 24.1 Å². The number of hydrogen-bond donors (Lipinski definition) is 1. The lowest BCUT2D eigenvalue weighted by Gasteiger charge is -2.37. The molecule has 0 saturated heterocycles. The minimum absolute atomic E-state index is 0.263. The molecule has 2 aromatic rings. The summed E-state index contributed by atoms with van der Waals surface area (Å²) < 4.78 is 0. The molecule has 0 amide bonds. The molecule has 19 heavy (non-hydrogen) atoms. The Morgan fingerprint density at radius 3 is 2.79 bits per heavy atom. The third kappa shape index (κ3) is 2.30. The van der Waals surface area contributed by atoms with Crippen LogP contribution in [0, 0.1) is 0 Å². The van der Waals surface area contributed by atoms with Gasteiger partial charge in [-0.1, -0.05) is 37.1 Å². The fourth-order valence-corrected chi connectivity index (χ4v) is 3.16. The monoisotopic (exact) mass is 255 g/mol. The quantitative estimate of drug-likeness (QED) is 0.897. The Morgan fingerprint density at radius 2 is 1.95 bits per heavy atom. The van der Waals surface area contributed by atoms with Gasteiger partial charge in [0, 0.05) is 30.7 Å². The minimum atomic E-state index is 0.263. The van der Waals surface area contributed by atoms with Gasteiger partial charge in [0.2, 0.25) is 0 Å². The van der Waals surface area contributed by atoms with Gasteiger partial charge in [0.15, 0.2) is 0 Å². The molecule has 0 spiro atoms. The number of benzene rings is 1. The van der Waals surface area contributed by atoms with Crippen LogP contribution in [0.1, 0.15) is 25.7 Å². The summed E-state index contributed by atoms with van der Waals surface area (Å²) in [6, 6.07) is 11.2. The molecule has 0 aliphatic heterocycles. The van der Waals surface area contributed by atoms with Crippen molar-refractivity contribution in [2.45, 2.75) is 37.8 Å². The zero-order chi connectivity index (χ0) is 13.2. The van der Waals surface area contributed by atoms with Gasteiger partial charge in [0.1, 0.15) is 5.82 Å². The van der Waals surface area contributed by atoms with Gasteiger partial charge in [-0.15, -0.1) is 0 Å². The van der Waals surface area contributed by atoms with E-state index in [0.717, 1.165) is 12.2 Å². The van der Waals surface area contributed by atoms with E-state index in [-0.39, 0.29) is 6.04 Å². The van der Waals surface area contributed by atoms with Gasteiger partial charge in [-0.2, -0.15) is 0 Å². The highest BCUT2D eigenvalue weighted by Crippen LogP contribution is 2.29. The molecule has 3 rings (SSSR count). The predicted octanol–water partition coefficient (Wildman–Crippen LogP) is 2.94. The molecule has 100 valence electrons. The fourth-order valence-electron chi connectivity index (χ4n) is 3.16. The summed E-state index contributed by atoms with van der Waals surface area (Å²) in [5.41, 5.74) is 6.29. The average Bonchev–Trinajstić information content (AvgIpc) is 2.46. The Hall–Kier alpha value is -1.61. The van der Waals surface area contributed by atoms with E-state index in [0.29, 0.717) is 6.04 Å². The molecule has 1 aromatic heterocycles. The van der Waals surface area contributed by atoms with Gasteiger partial charge in [-0.05, 0) is 24.3 Å². The van der Waals surface area contributed by atoms with Crippen molar-refractivity contribution in [1.82, 2.24) is 4.98 Å². The smallest absolute Gasteiger partial charge is 0.136 e. The molecule has 2 atom stereocenters. The van der Waals surface area contributed by atoms with E-state index < -0.39 is 0 Å². The number of rotatable bonds is 2. The number of nitrogens with two attached hydrogens (primary N) is 1. The van der Waals surface area contributed by atoms with Gasteiger partial charge in [0.05, 0.1) is 0 Å². The van der Waals surface area contributed by atoms with Crippen LogP contribution in [-0.2, 0) is 0 Å². The van der Waals surface area contributed by atoms with Crippen LogP contribution in [0.15, 0.2) is 36.5 Å². The van der Waals surface area contributed by atoms with Crippen molar-refractivity contribution in [3.05, 3.63) is 36.5 Å². The Kier molecular flexibility index (Phi) is 3.38. The van der Waals surface area contributed by atoms with Crippen molar-refractivity contribution in [3.8, 4) is 0 Å². The zero-order valence-electron chi connectivity index (χ0n) is 11.4. The number of pyridine rings is 1. The summed E-state index contributed by atoms with van der Waals surface area (Å²) in [5, 5.41) is 2.45. The van der Waals surface area contributed by atoms with Gasteiger partial charge in [-0.25, -0.2) is 4.98 Å². The van der Waals surface area contributed by atoms with Crippen molar-refractivity contribution < 1.29 is 0 Å². The zero-order valence-corrected chi connectivity index (χ0v) is 11.4.